The number of aliphatic hydroxyl groups is 1. The first-order valence-electron chi connectivity index (χ1n) is 5.19. The highest BCUT2D eigenvalue weighted by Gasteiger charge is 2.12. The third-order valence-corrected chi connectivity index (χ3v) is 2.96. The van der Waals surface area contributed by atoms with Gasteiger partial charge in [-0.25, -0.2) is 4.39 Å². The molecule has 0 aliphatic carbocycles. The molecule has 0 aliphatic rings. The molecule has 4 heteroatoms. The van der Waals surface area contributed by atoms with Gasteiger partial charge >= 0.3 is 0 Å². The molecule has 2 aromatic rings. The van der Waals surface area contributed by atoms with Crippen LogP contribution in [-0.4, -0.2) is 10.1 Å². The molecule has 0 saturated carbocycles. The maximum absolute atomic E-state index is 13.2. The van der Waals surface area contributed by atoms with Crippen molar-refractivity contribution >= 4 is 11.6 Å². The lowest BCUT2D eigenvalue weighted by atomic mass is 10.0. The molecule has 17 heavy (non-hydrogen) atoms. The fourth-order valence-corrected chi connectivity index (χ4v) is 1.82. The van der Waals surface area contributed by atoms with Crippen LogP contribution >= 0.6 is 11.6 Å². The molecule has 1 unspecified atom stereocenters. The molecule has 0 spiro atoms. The van der Waals surface area contributed by atoms with Crippen molar-refractivity contribution in [3.8, 4) is 0 Å². The summed E-state index contributed by atoms with van der Waals surface area (Å²) in [4.78, 5) is 3.87. The Morgan fingerprint density at radius 2 is 1.94 bits per heavy atom. The summed E-state index contributed by atoms with van der Waals surface area (Å²) in [7, 11) is 0. The molecule has 0 saturated heterocycles. The molecule has 2 nitrogen and oxygen atoms in total. The standard InChI is InChI=1S/C13H11ClFNO/c14-13-10(2-1-3-11(13)15)8-12(17)9-4-6-16-7-5-9/h1-7,12,17H,8H2. The monoisotopic (exact) mass is 251 g/mol. The van der Waals surface area contributed by atoms with Gasteiger partial charge in [0.2, 0.25) is 0 Å². The van der Waals surface area contributed by atoms with Gasteiger partial charge in [-0.2, -0.15) is 0 Å². The lowest BCUT2D eigenvalue weighted by Gasteiger charge is -2.12. The van der Waals surface area contributed by atoms with Crippen LogP contribution in [0.3, 0.4) is 0 Å². The van der Waals surface area contributed by atoms with Gasteiger partial charge in [-0.15, -0.1) is 0 Å². The van der Waals surface area contributed by atoms with E-state index in [-0.39, 0.29) is 11.4 Å². The zero-order valence-corrected chi connectivity index (χ0v) is 9.73. The van der Waals surface area contributed by atoms with Gasteiger partial charge in [0.15, 0.2) is 0 Å². The first-order chi connectivity index (χ1) is 8.18. The summed E-state index contributed by atoms with van der Waals surface area (Å²) in [5.41, 5.74) is 1.33. The molecular formula is C13H11ClFNO. The number of halogens is 2. The average Bonchev–Trinajstić information content (AvgIpc) is 2.36. The van der Waals surface area contributed by atoms with Crippen LogP contribution in [0, 0.1) is 5.82 Å². The summed E-state index contributed by atoms with van der Waals surface area (Å²) in [6.07, 6.45) is 2.77. The van der Waals surface area contributed by atoms with Gasteiger partial charge in [-0.05, 0) is 29.3 Å². The predicted octanol–water partition coefficient (Wildman–Crippen LogP) is 3.15. The highest BCUT2D eigenvalue weighted by Crippen LogP contribution is 2.25. The van der Waals surface area contributed by atoms with Gasteiger partial charge in [0.05, 0.1) is 11.1 Å². The molecule has 1 atom stereocenters. The number of pyridine rings is 1. The highest BCUT2D eigenvalue weighted by molar-refractivity contribution is 6.31. The predicted molar refractivity (Wildman–Crippen MR) is 64.3 cm³/mol. The van der Waals surface area contributed by atoms with E-state index in [0.717, 1.165) is 5.56 Å². The van der Waals surface area contributed by atoms with Gasteiger partial charge in [0.1, 0.15) is 5.82 Å². The molecule has 0 bridgehead atoms. The van der Waals surface area contributed by atoms with E-state index in [2.05, 4.69) is 4.98 Å². The minimum atomic E-state index is -0.711. The van der Waals surface area contributed by atoms with Crippen LogP contribution in [0.25, 0.3) is 0 Å². The van der Waals surface area contributed by atoms with Gasteiger partial charge < -0.3 is 5.11 Å². The molecule has 1 N–H and O–H groups in total. The van der Waals surface area contributed by atoms with Gasteiger partial charge in [-0.3, -0.25) is 4.98 Å². The van der Waals surface area contributed by atoms with Gasteiger partial charge in [0.25, 0.3) is 0 Å². The molecule has 1 aromatic heterocycles. The molecule has 0 amide bonds. The SMILES string of the molecule is OC(Cc1cccc(F)c1Cl)c1ccncc1. The summed E-state index contributed by atoms with van der Waals surface area (Å²) in [5.74, 6) is -0.467. The molecule has 1 aromatic carbocycles. The largest absolute Gasteiger partial charge is 0.388 e. The lowest BCUT2D eigenvalue weighted by molar-refractivity contribution is 0.178. The summed E-state index contributed by atoms with van der Waals surface area (Å²) < 4.78 is 13.2. The third-order valence-electron chi connectivity index (χ3n) is 2.54. The fourth-order valence-electron chi connectivity index (χ4n) is 1.62. The maximum atomic E-state index is 13.2. The minimum Gasteiger partial charge on any atom is -0.388 e. The molecule has 0 radical (unpaired) electrons. The van der Waals surface area contributed by atoms with Crippen LogP contribution in [0.1, 0.15) is 17.2 Å². The maximum Gasteiger partial charge on any atom is 0.142 e. The number of aromatic nitrogens is 1. The molecule has 88 valence electrons. The van der Waals surface area contributed by atoms with E-state index in [9.17, 15) is 9.50 Å². The molecule has 0 aliphatic heterocycles. The normalized spacial score (nSPS) is 12.4. The molecule has 0 fully saturated rings. The Bertz CT molecular complexity index is 504. The number of nitrogens with zero attached hydrogens (tertiary/aromatic N) is 1. The third kappa shape index (κ3) is 2.81. The Labute approximate surface area is 104 Å². The van der Waals surface area contributed by atoms with Crippen LogP contribution in [-0.2, 0) is 6.42 Å². The van der Waals surface area contributed by atoms with E-state index in [1.807, 2.05) is 0 Å². The zero-order chi connectivity index (χ0) is 12.3. The fraction of sp³-hybridized carbons (Fsp3) is 0.154. The van der Waals surface area contributed by atoms with Crippen molar-refractivity contribution in [2.75, 3.05) is 0 Å². The number of benzene rings is 1. The second-order valence-electron chi connectivity index (χ2n) is 3.71. The second-order valence-corrected chi connectivity index (χ2v) is 4.09. The first-order valence-corrected chi connectivity index (χ1v) is 5.57. The van der Waals surface area contributed by atoms with Crippen LogP contribution in [0.4, 0.5) is 4.39 Å². The quantitative estimate of drug-likeness (QED) is 0.909. The summed E-state index contributed by atoms with van der Waals surface area (Å²) in [6.45, 7) is 0. The second kappa shape index (κ2) is 5.25. The van der Waals surface area contributed by atoms with E-state index < -0.39 is 11.9 Å². The van der Waals surface area contributed by atoms with Crippen LogP contribution < -0.4 is 0 Å². The Morgan fingerprint density at radius 3 is 2.65 bits per heavy atom. The van der Waals surface area contributed by atoms with Crippen molar-refractivity contribution in [3.05, 3.63) is 64.7 Å². The summed E-state index contributed by atoms with van der Waals surface area (Å²) in [6, 6.07) is 8.02. The van der Waals surface area contributed by atoms with E-state index in [1.54, 1.807) is 36.7 Å². The molecule has 2 rings (SSSR count). The van der Waals surface area contributed by atoms with Crippen molar-refractivity contribution in [1.82, 2.24) is 4.98 Å². The van der Waals surface area contributed by atoms with E-state index in [1.165, 1.54) is 6.07 Å². The minimum absolute atomic E-state index is 0.0700. The first kappa shape index (κ1) is 12.0. The Morgan fingerprint density at radius 1 is 1.24 bits per heavy atom. The van der Waals surface area contributed by atoms with Crippen molar-refractivity contribution in [3.63, 3.8) is 0 Å². The lowest BCUT2D eigenvalue weighted by Crippen LogP contribution is -2.02. The van der Waals surface area contributed by atoms with E-state index in [0.29, 0.717) is 5.56 Å². The number of aliphatic hydroxyl groups excluding tert-OH is 1. The highest BCUT2D eigenvalue weighted by atomic mass is 35.5. The molecular weight excluding hydrogens is 241 g/mol. The van der Waals surface area contributed by atoms with E-state index in [4.69, 9.17) is 11.6 Å². The number of hydrogen-bond donors (Lipinski definition) is 1. The number of rotatable bonds is 3. The van der Waals surface area contributed by atoms with Crippen molar-refractivity contribution in [2.45, 2.75) is 12.5 Å². The summed E-state index contributed by atoms with van der Waals surface area (Å²) in [5, 5.41) is 10.1. The van der Waals surface area contributed by atoms with Crippen LogP contribution in [0.5, 0.6) is 0 Å². The Kier molecular flexibility index (Phi) is 3.71. The molecule has 1 heterocycles. The van der Waals surface area contributed by atoms with Gasteiger partial charge in [0, 0.05) is 18.8 Å². The average molecular weight is 252 g/mol. The van der Waals surface area contributed by atoms with Crippen molar-refractivity contribution < 1.29 is 9.50 Å². The Hall–Kier alpha value is -1.45. The van der Waals surface area contributed by atoms with Crippen LogP contribution in [0.2, 0.25) is 5.02 Å². The van der Waals surface area contributed by atoms with E-state index >= 15 is 0 Å². The van der Waals surface area contributed by atoms with Crippen molar-refractivity contribution in [1.29, 1.82) is 0 Å². The summed E-state index contributed by atoms with van der Waals surface area (Å²) >= 11 is 5.83. The smallest absolute Gasteiger partial charge is 0.142 e. The van der Waals surface area contributed by atoms with Crippen molar-refractivity contribution in [2.24, 2.45) is 0 Å². The Balaban J connectivity index is 2.19. The van der Waals surface area contributed by atoms with Crippen LogP contribution in [0.15, 0.2) is 42.7 Å². The topological polar surface area (TPSA) is 33.1 Å². The zero-order valence-electron chi connectivity index (χ0n) is 8.98. The van der Waals surface area contributed by atoms with Gasteiger partial charge in [-0.1, -0.05) is 23.7 Å². The number of hydrogen-bond acceptors (Lipinski definition) is 2.